The minimum Gasteiger partial charge on any atom is -0.387 e. The van der Waals surface area contributed by atoms with Crippen LogP contribution >= 0.6 is 0 Å². The Balaban J connectivity index is 1.55. The highest BCUT2D eigenvalue weighted by Gasteiger charge is 2.37. The van der Waals surface area contributed by atoms with Crippen LogP contribution in [0.1, 0.15) is 31.2 Å². The van der Waals surface area contributed by atoms with Crippen LogP contribution in [0.3, 0.4) is 0 Å². The van der Waals surface area contributed by atoms with Gasteiger partial charge in [0, 0.05) is 37.9 Å². The molecule has 2 saturated heterocycles. The van der Waals surface area contributed by atoms with Crippen LogP contribution in [0.5, 0.6) is 0 Å². The number of nitrogens with zero attached hydrogens (tertiary/aromatic N) is 3. The van der Waals surface area contributed by atoms with Crippen molar-refractivity contribution < 1.29 is 5.11 Å². The van der Waals surface area contributed by atoms with E-state index in [-0.39, 0.29) is 0 Å². The first-order valence-corrected chi connectivity index (χ1v) is 8.01. The molecule has 0 radical (unpaired) electrons. The van der Waals surface area contributed by atoms with E-state index in [0.29, 0.717) is 5.82 Å². The molecule has 0 bridgehead atoms. The van der Waals surface area contributed by atoms with Crippen molar-refractivity contribution >= 4 is 5.82 Å². The summed E-state index contributed by atoms with van der Waals surface area (Å²) in [4.78, 5) is 8.84. The van der Waals surface area contributed by atoms with Crippen LogP contribution in [0.25, 0.3) is 0 Å². The van der Waals surface area contributed by atoms with Crippen molar-refractivity contribution in [3.05, 3.63) is 23.9 Å². The van der Waals surface area contributed by atoms with E-state index in [9.17, 15) is 5.11 Å². The molecule has 3 rings (SSSR count). The topological polar surface area (TPSA) is 65.6 Å². The monoisotopic (exact) mass is 290 g/mol. The zero-order valence-electron chi connectivity index (χ0n) is 12.7. The van der Waals surface area contributed by atoms with Crippen LogP contribution in [0.2, 0.25) is 0 Å². The van der Waals surface area contributed by atoms with E-state index < -0.39 is 5.60 Å². The maximum atomic E-state index is 10.8. The van der Waals surface area contributed by atoms with E-state index in [1.807, 2.05) is 12.1 Å². The number of hydrogen-bond acceptors (Lipinski definition) is 5. The minimum absolute atomic E-state index is 0.561. The van der Waals surface area contributed by atoms with Gasteiger partial charge in [0.1, 0.15) is 5.82 Å². The van der Waals surface area contributed by atoms with Crippen molar-refractivity contribution in [1.29, 1.82) is 0 Å². The molecule has 1 atom stereocenters. The van der Waals surface area contributed by atoms with Crippen molar-refractivity contribution in [2.24, 2.45) is 0 Å². The highest BCUT2D eigenvalue weighted by molar-refractivity contribution is 5.38. The molecule has 5 heteroatoms. The van der Waals surface area contributed by atoms with Gasteiger partial charge in [-0.15, -0.1) is 0 Å². The lowest BCUT2D eigenvalue weighted by Gasteiger charge is -2.33. The Hall–Kier alpha value is -1.17. The molecule has 0 aliphatic carbocycles. The Morgan fingerprint density at radius 2 is 2.00 bits per heavy atom. The molecule has 1 unspecified atom stereocenters. The third-order valence-corrected chi connectivity index (χ3v) is 4.70. The van der Waals surface area contributed by atoms with Crippen molar-refractivity contribution in [2.45, 2.75) is 37.8 Å². The number of nitrogens with two attached hydrogens (primary N) is 1. The molecule has 0 aromatic carbocycles. The second-order valence-electron chi connectivity index (χ2n) is 6.57. The molecule has 2 aliphatic rings. The maximum absolute atomic E-state index is 10.8. The first-order valence-electron chi connectivity index (χ1n) is 8.01. The fraction of sp³-hybridized carbons (Fsp3) is 0.688. The number of anilines is 1. The fourth-order valence-corrected chi connectivity index (χ4v) is 3.56. The van der Waals surface area contributed by atoms with Gasteiger partial charge in [-0.3, -0.25) is 4.90 Å². The lowest BCUT2D eigenvalue weighted by Crippen LogP contribution is -2.46. The van der Waals surface area contributed by atoms with Crippen molar-refractivity contribution in [3.8, 4) is 0 Å². The Morgan fingerprint density at radius 3 is 2.76 bits per heavy atom. The summed E-state index contributed by atoms with van der Waals surface area (Å²) in [5, 5.41) is 10.8. The normalized spacial score (nSPS) is 28.0. The van der Waals surface area contributed by atoms with E-state index in [1.54, 1.807) is 6.20 Å². The van der Waals surface area contributed by atoms with E-state index in [1.165, 1.54) is 19.3 Å². The predicted octanol–water partition coefficient (Wildman–Crippen LogP) is 1.09. The van der Waals surface area contributed by atoms with Gasteiger partial charge in [-0.1, -0.05) is 12.5 Å². The first-order chi connectivity index (χ1) is 10.1. The van der Waals surface area contributed by atoms with Crippen molar-refractivity contribution in [3.63, 3.8) is 0 Å². The second-order valence-corrected chi connectivity index (χ2v) is 6.57. The van der Waals surface area contributed by atoms with Gasteiger partial charge in [-0.25, -0.2) is 4.98 Å². The zero-order valence-corrected chi connectivity index (χ0v) is 12.7. The van der Waals surface area contributed by atoms with Gasteiger partial charge in [0.05, 0.1) is 5.60 Å². The number of aliphatic hydroxyl groups is 1. The number of pyridine rings is 1. The average molecular weight is 290 g/mol. The summed E-state index contributed by atoms with van der Waals surface area (Å²) in [5.74, 6) is 0.601. The van der Waals surface area contributed by atoms with Crippen LogP contribution in [-0.4, -0.2) is 58.2 Å². The Bertz CT molecular complexity index is 475. The first kappa shape index (κ1) is 14.8. The molecule has 0 amide bonds. The highest BCUT2D eigenvalue weighted by Crippen LogP contribution is 2.26. The van der Waals surface area contributed by atoms with Crippen LogP contribution in [-0.2, 0) is 6.54 Å². The molecule has 2 fully saturated rings. The predicted molar refractivity (Wildman–Crippen MR) is 83.8 cm³/mol. The van der Waals surface area contributed by atoms with E-state index in [0.717, 1.165) is 51.3 Å². The summed E-state index contributed by atoms with van der Waals surface area (Å²) in [6.07, 6.45) is 6.44. The van der Waals surface area contributed by atoms with E-state index in [2.05, 4.69) is 14.8 Å². The SMILES string of the molecule is Nc1ncccc1CN1CCC(O)(CN2CCCCC2)C1. The zero-order chi connectivity index (χ0) is 14.7. The molecule has 21 heavy (non-hydrogen) atoms. The highest BCUT2D eigenvalue weighted by atomic mass is 16.3. The number of piperidine rings is 1. The third kappa shape index (κ3) is 3.73. The summed E-state index contributed by atoms with van der Waals surface area (Å²) in [6, 6.07) is 3.94. The van der Waals surface area contributed by atoms with Gasteiger partial charge in [0.25, 0.3) is 0 Å². The molecule has 1 aromatic heterocycles. The van der Waals surface area contributed by atoms with Gasteiger partial charge >= 0.3 is 0 Å². The standard InChI is InChI=1S/C16H26N4O/c17-15-14(5-4-7-18-15)11-20-10-6-16(21,13-20)12-19-8-2-1-3-9-19/h4-5,7,21H,1-3,6,8-13H2,(H2,17,18). The van der Waals surface area contributed by atoms with Crippen LogP contribution in [0.4, 0.5) is 5.82 Å². The number of likely N-dealkylation sites (tertiary alicyclic amines) is 2. The summed E-state index contributed by atoms with van der Waals surface area (Å²) < 4.78 is 0. The number of nitrogen functional groups attached to an aromatic ring is 1. The van der Waals surface area contributed by atoms with Crippen molar-refractivity contribution in [2.75, 3.05) is 38.5 Å². The van der Waals surface area contributed by atoms with E-state index >= 15 is 0 Å². The number of β-amino-alcohol motifs (C(OH)–C–C–N with tert-alkyl or cyclic N) is 1. The Labute approximate surface area is 126 Å². The van der Waals surface area contributed by atoms with Gasteiger partial charge < -0.3 is 15.7 Å². The van der Waals surface area contributed by atoms with Gasteiger partial charge in [0.15, 0.2) is 0 Å². The van der Waals surface area contributed by atoms with Crippen molar-refractivity contribution in [1.82, 2.24) is 14.8 Å². The van der Waals surface area contributed by atoms with Gasteiger partial charge in [-0.2, -0.15) is 0 Å². The largest absolute Gasteiger partial charge is 0.387 e. The Morgan fingerprint density at radius 1 is 1.19 bits per heavy atom. The summed E-state index contributed by atoms with van der Waals surface area (Å²) >= 11 is 0. The average Bonchev–Trinajstić information content (AvgIpc) is 2.83. The summed E-state index contributed by atoms with van der Waals surface area (Å²) in [7, 11) is 0. The quantitative estimate of drug-likeness (QED) is 0.869. The summed E-state index contributed by atoms with van der Waals surface area (Å²) in [5.41, 5.74) is 6.40. The van der Waals surface area contributed by atoms with Gasteiger partial charge in [0.2, 0.25) is 0 Å². The lowest BCUT2D eigenvalue weighted by molar-refractivity contribution is 0.00635. The molecule has 116 valence electrons. The maximum Gasteiger partial charge on any atom is 0.127 e. The molecule has 2 aliphatic heterocycles. The lowest BCUT2D eigenvalue weighted by atomic mass is 10.0. The molecule has 0 spiro atoms. The molecule has 1 aromatic rings. The molecular formula is C16H26N4O. The minimum atomic E-state index is -0.561. The summed E-state index contributed by atoms with van der Waals surface area (Å²) in [6.45, 7) is 5.53. The van der Waals surface area contributed by atoms with Crippen LogP contribution in [0, 0.1) is 0 Å². The fourth-order valence-electron chi connectivity index (χ4n) is 3.56. The van der Waals surface area contributed by atoms with E-state index in [4.69, 9.17) is 5.73 Å². The Kier molecular flexibility index (Phi) is 4.42. The second kappa shape index (κ2) is 6.30. The smallest absolute Gasteiger partial charge is 0.127 e. The molecule has 0 saturated carbocycles. The molecule has 3 N–H and O–H groups in total. The number of aromatic nitrogens is 1. The number of hydrogen-bond donors (Lipinski definition) is 2. The molecular weight excluding hydrogens is 264 g/mol. The third-order valence-electron chi connectivity index (χ3n) is 4.70. The van der Waals surface area contributed by atoms with Crippen LogP contribution in [0.15, 0.2) is 18.3 Å². The van der Waals surface area contributed by atoms with Gasteiger partial charge in [-0.05, 0) is 38.4 Å². The number of rotatable bonds is 4. The molecule has 3 heterocycles. The van der Waals surface area contributed by atoms with Crippen LogP contribution < -0.4 is 5.73 Å². The molecule has 5 nitrogen and oxygen atoms in total.